The molecule has 2 aromatic rings. The zero-order valence-electron chi connectivity index (χ0n) is 14.4. The summed E-state index contributed by atoms with van der Waals surface area (Å²) in [5, 5.41) is 2.88. The van der Waals surface area contributed by atoms with Crippen molar-refractivity contribution in [3.63, 3.8) is 0 Å². The fourth-order valence-corrected chi connectivity index (χ4v) is 3.16. The summed E-state index contributed by atoms with van der Waals surface area (Å²) in [6, 6.07) is 14.0. The molecular weight excluding hydrogens is 319 g/mol. The maximum atomic E-state index is 12.9. The van der Waals surface area contributed by atoms with Gasteiger partial charge >= 0.3 is 0 Å². The SMILES string of the molecule is COc1cccc(CN2CCC(C(=O)Nc3ccc(F)cc3)CC2)c1. The van der Waals surface area contributed by atoms with Crippen molar-refractivity contribution in [1.29, 1.82) is 0 Å². The van der Waals surface area contributed by atoms with Gasteiger partial charge in [-0.05, 0) is 67.9 Å². The van der Waals surface area contributed by atoms with Gasteiger partial charge in [0.2, 0.25) is 5.91 Å². The number of anilines is 1. The van der Waals surface area contributed by atoms with Gasteiger partial charge in [0, 0.05) is 18.2 Å². The van der Waals surface area contributed by atoms with Crippen molar-refractivity contribution in [2.75, 3.05) is 25.5 Å². The van der Waals surface area contributed by atoms with Crippen molar-refractivity contribution < 1.29 is 13.9 Å². The van der Waals surface area contributed by atoms with Crippen molar-refractivity contribution >= 4 is 11.6 Å². The van der Waals surface area contributed by atoms with Gasteiger partial charge in [0.25, 0.3) is 0 Å². The van der Waals surface area contributed by atoms with Crippen molar-refractivity contribution in [2.45, 2.75) is 19.4 Å². The van der Waals surface area contributed by atoms with E-state index in [1.54, 1.807) is 19.2 Å². The molecule has 1 heterocycles. The van der Waals surface area contributed by atoms with Crippen LogP contribution in [0.1, 0.15) is 18.4 Å². The number of nitrogens with one attached hydrogen (secondary N) is 1. The summed E-state index contributed by atoms with van der Waals surface area (Å²) >= 11 is 0. The molecule has 3 rings (SSSR count). The van der Waals surface area contributed by atoms with E-state index in [4.69, 9.17) is 4.74 Å². The highest BCUT2D eigenvalue weighted by atomic mass is 19.1. The molecule has 0 spiro atoms. The van der Waals surface area contributed by atoms with E-state index in [1.165, 1.54) is 17.7 Å². The van der Waals surface area contributed by atoms with Crippen LogP contribution in [0.4, 0.5) is 10.1 Å². The second kappa shape index (κ2) is 8.12. The Bertz CT molecular complexity index is 710. The van der Waals surface area contributed by atoms with E-state index < -0.39 is 0 Å². The van der Waals surface area contributed by atoms with Crippen molar-refractivity contribution in [2.24, 2.45) is 5.92 Å². The van der Waals surface area contributed by atoms with Crippen LogP contribution in [0, 0.1) is 11.7 Å². The number of halogens is 1. The predicted octanol–water partition coefficient (Wildman–Crippen LogP) is 3.69. The first-order valence-electron chi connectivity index (χ1n) is 8.56. The number of benzene rings is 2. The quantitative estimate of drug-likeness (QED) is 0.901. The molecule has 1 amide bonds. The van der Waals surface area contributed by atoms with Crippen molar-refractivity contribution in [1.82, 2.24) is 4.90 Å². The smallest absolute Gasteiger partial charge is 0.227 e. The van der Waals surface area contributed by atoms with Gasteiger partial charge in [-0.1, -0.05) is 12.1 Å². The fourth-order valence-electron chi connectivity index (χ4n) is 3.16. The lowest BCUT2D eigenvalue weighted by molar-refractivity contribution is -0.121. The molecule has 0 unspecified atom stereocenters. The minimum absolute atomic E-state index is 0.00612. The van der Waals surface area contributed by atoms with Gasteiger partial charge in [-0.15, -0.1) is 0 Å². The van der Waals surface area contributed by atoms with Crippen LogP contribution in [-0.2, 0) is 11.3 Å². The highest BCUT2D eigenvalue weighted by molar-refractivity contribution is 5.92. The lowest BCUT2D eigenvalue weighted by atomic mass is 9.95. The highest BCUT2D eigenvalue weighted by Crippen LogP contribution is 2.22. The Labute approximate surface area is 147 Å². The summed E-state index contributed by atoms with van der Waals surface area (Å²) < 4.78 is 18.2. The standard InChI is InChI=1S/C20H23FN2O2/c1-25-19-4-2-3-15(13-19)14-23-11-9-16(10-12-23)20(24)22-18-7-5-17(21)6-8-18/h2-8,13,16H,9-12,14H2,1H3,(H,22,24). The normalized spacial score (nSPS) is 15.8. The predicted molar refractivity (Wildman–Crippen MR) is 96.0 cm³/mol. The Morgan fingerprint density at radius 1 is 1.20 bits per heavy atom. The highest BCUT2D eigenvalue weighted by Gasteiger charge is 2.25. The number of carbonyl (C=O) groups is 1. The van der Waals surface area contributed by atoms with Crippen LogP contribution >= 0.6 is 0 Å². The molecule has 0 radical (unpaired) electrons. The van der Waals surface area contributed by atoms with Gasteiger partial charge in [0.15, 0.2) is 0 Å². The van der Waals surface area contributed by atoms with Crippen LogP contribution in [0.5, 0.6) is 5.75 Å². The molecule has 1 aliphatic rings. The number of amides is 1. The second-order valence-electron chi connectivity index (χ2n) is 6.40. The number of nitrogens with zero attached hydrogens (tertiary/aromatic N) is 1. The second-order valence-corrected chi connectivity index (χ2v) is 6.40. The largest absolute Gasteiger partial charge is 0.497 e. The number of ether oxygens (including phenoxy) is 1. The van der Waals surface area contributed by atoms with Gasteiger partial charge in [-0.2, -0.15) is 0 Å². The number of carbonyl (C=O) groups excluding carboxylic acids is 1. The number of methoxy groups -OCH3 is 1. The molecular formula is C20H23FN2O2. The summed E-state index contributed by atoms with van der Waals surface area (Å²) in [5.74, 6) is 0.592. The molecule has 132 valence electrons. The van der Waals surface area contributed by atoms with Gasteiger partial charge in [-0.3, -0.25) is 9.69 Å². The molecule has 5 heteroatoms. The third-order valence-corrected chi connectivity index (χ3v) is 4.61. The molecule has 0 saturated carbocycles. The lowest BCUT2D eigenvalue weighted by Gasteiger charge is -2.31. The van der Waals surface area contributed by atoms with Gasteiger partial charge in [0.05, 0.1) is 7.11 Å². The average Bonchev–Trinajstić information content (AvgIpc) is 2.64. The van der Waals surface area contributed by atoms with Crippen molar-refractivity contribution in [3.05, 3.63) is 59.9 Å². The maximum absolute atomic E-state index is 12.9. The van der Waals surface area contributed by atoms with Crippen LogP contribution in [-0.4, -0.2) is 31.0 Å². The fraction of sp³-hybridized carbons (Fsp3) is 0.350. The van der Waals surface area contributed by atoms with Gasteiger partial charge < -0.3 is 10.1 Å². The van der Waals surface area contributed by atoms with E-state index in [9.17, 15) is 9.18 Å². The number of likely N-dealkylation sites (tertiary alicyclic amines) is 1. The average molecular weight is 342 g/mol. The molecule has 25 heavy (non-hydrogen) atoms. The topological polar surface area (TPSA) is 41.6 Å². The molecule has 0 atom stereocenters. The van der Waals surface area contributed by atoms with E-state index >= 15 is 0 Å². The Balaban J connectivity index is 1.49. The first kappa shape index (κ1) is 17.4. The Morgan fingerprint density at radius 3 is 2.60 bits per heavy atom. The zero-order chi connectivity index (χ0) is 17.6. The van der Waals surface area contributed by atoms with E-state index in [0.717, 1.165) is 38.2 Å². The number of piperidine rings is 1. The monoisotopic (exact) mass is 342 g/mol. The van der Waals surface area contributed by atoms with Crippen LogP contribution in [0.15, 0.2) is 48.5 Å². The zero-order valence-corrected chi connectivity index (χ0v) is 14.4. The van der Waals surface area contributed by atoms with Crippen LogP contribution in [0.2, 0.25) is 0 Å². The molecule has 4 nitrogen and oxygen atoms in total. The number of hydrogen-bond acceptors (Lipinski definition) is 3. The summed E-state index contributed by atoms with van der Waals surface area (Å²) in [5.41, 5.74) is 1.86. The summed E-state index contributed by atoms with van der Waals surface area (Å²) in [6.07, 6.45) is 1.66. The molecule has 2 aromatic carbocycles. The van der Waals surface area contributed by atoms with E-state index in [0.29, 0.717) is 5.69 Å². The van der Waals surface area contributed by atoms with Crippen molar-refractivity contribution in [3.8, 4) is 5.75 Å². The molecule has 0 aliphatic carbocycles. The minimum atomic E-state index is -0.302. The molecule has 1 saturated heterocycles. The molecule has 1 aliphatic heterocycles. The van der Waals surface area contributed by atoms with Crippen LogP contribution in [0.25, 0.3) is 0 Å². The lowest BCUT2D eigenvalue weighted by Crippen LogP contribution is -2.37. The van der Waals surface area contributed by atoms with Gasteiger partial charge in [-0.25, -0.2) is 4.39 Å². The number of hydrogen-bond donors (Lipinski definition) is 1. The first-order valence-corrected chi connectivity index (χ1v) is 8.56. The summed E-state index contributed by atoms with van der Waals surface area (Å²) in [4.78, 5) is 14.7. The number of rotatable bonds is 5. The Morgan fingerprint density at radius 2 is 1.92 bits per heavy atom. The summed E-state index contributed by atoms with van der Waals surface area (Å²) in [7, 11) is 1.67. The molecule has 0 aromatic heterocycles. The maximum Gasteiger partial charge on any atom is 0.227 e. The summed E-state index contributed by atoms with van der Waals surface area (Å²) in [6.45, 7) is 2.64. The van der Waals surface area contributed by atoms with E-state index in [-0.39, 0.29) is 17.6 Å². The first-order chi connectivity index (χ1) is 12.1. The van der Waals surface area contributed by atoms with Crippen LogP contribution in [0.3, 0.4) is 0 Å². The Kier molecular flexibility index (Phi) is 5.66. The third kappa shape index (κ3) is 4.79. The molecule has 1 fully saturated rings. The Hall–Kier alpha value is -2.40. The van der Waals surface area contributed by atoms with E-state index in [1.807, 2.05) is 18.2 Å². The van der Waals surface area contributed by atoms with E-state index in [2.05, 4.69) is 16.3 Å². The molecule has 0 bridgehead atoms. The molecule has 1 N–H and O–H groups in total. The third-order valence-electron chi connectivity index (χ3n) is 4.61. The minimum Gasteiger partial charge on any atom is -0.497 e. The van der Waals surface area contributed by atoms with Crippen LogP contribution < -0.4 is 10.1 Å². The van der Waals surface area contributed by atoms with Gasteiger partial charge in [0.1, 0.15) is 11.6 Å².